The maximum absolute atomic E-state index is 12.8. The van der Waals surface area contributed by atoms with Crippen LogP contribution in [-0.2, 0) is 11.3 Å². The summed E-state index contributed by atoms with van der Waals surface area (Å²) in [5, 5.41) is 4.39. The van der Waals surface area contributed by atoms with E-state index in [0.717, 1.165) is 10.2 Å². The molecular formula is C20H24F2N6O2. The molecule has 2 unspecified atom stereocenters. The van der Waals surface area contributed by atoms with E-state index in [9.17, 15) is 13.6 Å². The van der Waals surface area contributed by atoms with Crippen molar-refractivity contribution in [2.24, 2.45) is 0 Å². The van der Waals surface area contributed by atoms with Gasteiger partial charge in [0.05, 0.1) is 18.8 Å². The van der Waals surface area contributed by atoms with Crippen LogP contribution in [0.1, 0.15) is 20.3 Å². The monoisotopic (exact) mass is 418 g/mol. The number of hydrogen-bond donors (Lipinski definition) is 1. The molecule has 8 nitrogen and oxygen atoms in total. The fourth-order valence-electron chi connectivity index (χ4n) is 3.91. The summed E-state index contributed by atoms with van der Waals surface area (Å²) in [7, 11) is 0. The number of aryl methyl sites for hydroxylation is 1. The van der Waals surface area contributed by atoms with Gasteiger partial charge < -0.3 is 15.4 Å². The SMILES string of the molecule is CC1CN(c2c(-c3ccccc3)nc(N)n3c(=O)n(CCC(F)F)nc23)CC(C)O1. The molecule has 0 bridgehead atoms. The Morgan fingerprint density at radius 2 is 1.87 bits per heavy atom. The van der Waals surface area contributed by atoms with Gasteiger partial charge in [-0.25, -0.2) is 27.6 Å². The second-order valence-corrected chi connectivity index (χ2v) is 7.54. The maximum Gasteiger partial charge on any atom is 0.353 e. The van der Waals surface area contributed by atoms with Gasteiger partial charge in [-0.1, -0.05) is 30.3 Å². The number of nitrogen functional groups attached to an aromatic ring is 1. The van der Waals surface area contributed by atoms with Crippen LogP contribution in [0, 0.1) is 0 Å². The van der Waals surface area contributed by atoms with Crippen LogP contribution < -0.4 is 16.3 Å². The van der Waals surface area contributed by atoms with Crippen LogP contribution in [0.3, 0.4) is 0 Å². The van der Waals surface area contributed by atoms with Crippen LogP contribution in [0.4, 0.5) is 20.4 Å². The molecule has 160 valence electrons. The van der Waals surface area contributed by atoms with Crippen molar-refractivity contribution in [1.29, 1.82) is 0 Å². The van der Waals surface area contributed by atoms with Gasteiger partial charge in [-0.05, 0) is 13.8 Å². The first kappa shape index (κ1) is 20.3. The molecule has 1 aromatic carbocycles. The lowest BCUT2D eigenvalue weighted by molar-refractivity contribution is -0.00514. The van der Waals surface area contributed by atoms with Crippen LogP contribution in [0.25, 0.3) is 16.9 Å². The van der Waals surface area contributed by atoms with Gasteiger partial charge in [0.2, 0.25) is 12.4 Å². The minimum Gasteiger partial charge on any atom is -0.372 e. The topological polar surface area (TPSA) is 90.7 Å². The van der Waals surface area contributed by atoms with Crippen molar-refractivity contribution in [3.8, 4) is 11.3 Å². The normalized spacial score (nSPS) is 19.7. The summed E-state index contributed by atoms with van der Waals surface area (Å²) in [4.78, 5) is 19.4. The van der Waals surface area contributed by atoms with Crippen LogP contribution >= 0.6 is 0 Å². The fourth-order valence-corrected chi connectivity index (χ4v) is 3.91. The van der Waals surface area contributed by atoms with Crippen LogP contribution in [0.15, 0.2) is 35.1 Å². The molecule has 2 aromatic heterocycles. The highest BCUT2D eigenvalue weighted by atomic mass is 19.3. The van der Waals surface area contributed by atoms with E-state index < -0.39 is 18.5 Å². The molecule has 10 heteroatoms. The summed E-state index contributed by atoms with van der Waals surface area (Å²) < 4.78 is 33.5. The lowest BCUT2D eigenvalue weighted by Gasteiger charge is -2.37. The predicted molar refractivity (Wildman–Crippen MR) is 110 cm³/mol. The fraction of sp³-hybridized carbons (Fsp3) is 0.450. The molecule has 30 heavy (non-hydrogen) atoms. The zero-order chi connectivity index (χ0) is 21.4. The highest BCUT2D eigenvalue weighted by Gasteiger charge is 2.29. The third-order valence-electron chi connectivity index (χ3n) is 5.07. The Bertz CT molecular complexity index is 1090. The van der Waals surface area contributed by atoms with Crippen molar-refractivity contribution in [2.45, 2.75) is 45.4 Å². The second-order valence-electron chi connectivity index (χ2n) is 7.54. The van der Waals surface area contributed by atoms with E-state index >= 15 is 0 Å². The molecule has 3 aromatic rings. The molecule has 0 saturated carbocycles. The van der Waals surface area contributed by atoms with Crippen molar-refractivity contribution in [3.05, 3.63) is 40.8 Å². The number of nitrogens with two attached hydrogens (primary N) is 1. The number of aromatic nitrogens is 4. The van der Waals surface area contributed by atoms with E-state index in [1.54, 1.807) is 0 Å². The lowest BCUT2D eigenvalue weighted by atomic mass is 10.1. The van der Waals surface area contributed by atoms with Crippen LogP contribution in [-0.4, -0.2) is 50.9 Å². The molecular weight excluding hydrogens is 394 g/mol. The van der Waals surface area contributed by atoms with E-state index in [1.807, 2.05) is 44.2 Å². The van der Waals surface area contributed by atoms with Crippen LogP contribution in [0.2, 0.25) is 0 Å². The first-order chi connectivity index (χ1) is 14.3. The third-order valence-corrected chi connectivity index (χ3v) is 5.07. The molecule has 0 radical (unpaired) electrons. The number of hydrogen-bond acceptors (Lipinski definition) is 6. The predicted octanol–water partition coefficient (Wildman–Crippen LogP) is 2.41. The van der Waals surface area contributed by atoms with E-state index in [1.165, 1.54) is 4.40 Å². The molecule has 0 spiro atoms. The Hall–Kier alpha value is -3.01. The number of alkyl halides is 2. The lowest BCUT2D eigenvalue weighted by Crippen LogP contribution is -2.46. The van der Waals surface area contributed by atoms with Gasteiger partial charge in [-0.15, -0.1) is 5.10 Å². The number of halogens is 2. The van der Waals surface area contributed by atoms with Crippen molar-refractivity contribution in [3.63, 3.8) is 0 Å². The summed E-state index contributed by atoms with van der Waals surface area (Å²) in [6.45, 7) is 4.89. The number of anilines is 2. The Morgan fingerprint density at radius 1 is 1.20 bits per heavy atom. The molecule has 0 amide bonds. The zero-order valence-electron chi connectivity index (χ0n) is 16.8. The number of morpholine rings is 1. The molecule has 3 heterocycles. The number of rotatable bonds is 5. The summed E-state index contributed by atoms with van der Waals surface area (Å²) >= 11 is 0. The first-order valence-corrected chi connectivity index (χ1v) is 9.88. The van der Waals surface area contributed by atoms with Gasteiger partial charge in [0, 0.05) is 25.1 Å². The summed E-state index contributed by atoms with van der Waals surface area (Å²) in [5.41, 5.74) is 7.91. The van der Waals surface area contributed by atoms with E-state index in [4.69, 9.17) is 10.5 Å². The third kappa shape index (κ3) is 3.74. The van der Waals surface area contributed by atoms with E-state index in [-0.39, 0.29) is 24.7 Å². The van der Waals surface area contributed by atoms with Crippen molar-refractivity contribution < 1.29 is 13.5 Å². The van der Waals surface area contributed by atoms with Gasteiger partial charge >= 0.3 is 5.69 Å². The maximum atomic E-state index is 12.8. The summed E-state index contributed by atoms with van der Waals surface area (Å²) in [6.07, 6.45) is -3.08. The molecule has 1 aliphatic heterocycles. The Balaban J connectivity index is 1.95. The van der Waals surface area contributed by atoms with Gasteiger partial charge in [0.15, 0.2) is 5.65 Å². The second kappa shape index (κ2) is 8.02. The Labute approximate surface area is 171 Å². The number of ether oxygens (including phenoxy) is 1. The average Bonchev–Trinajstić information content (AvgIpc) is 3.03. The molecule has 2 N–H and O–H groups in total. The molecule has 1 fully saturated rings. The minimum atomic E-state index is -2.53. The smallest absolute Gasteiger partial charge is 0.353 e. The molecule has 4 rings (SSSR count). The largest absolute Gasteiger partial charge is 0.372 e. The van der Waals surface area contributed by atoms with Crippen LogP contribution in [0.5, 0.6) is 0 Å². The Kier molecular flexibility index (Phi) is 5.42. The number of nitrogens with zero attached hydrogens (tertiary/aromatic N) is 5. The van der Waals surface area contributed by atoms with Crippen molar-refractivity contribution in [2.75, 3.05) is 23.7 Å². The summed E-state index contributed by atoms with van der Waals surface area (Å²) in [6, 6.07) is 9.48. The molecule has 1 aliphatic rings. The first-order valence-electron chi connectivity index (χ1n) is 9.88. The summed E-state index contributed by atoms with van der Waals surface area (Å²) in [5.74, 6) is -0.0322. The standard InChI is InChI=1S/C20H24F2N6O2/c1-12-10-26(11-13(2)30-12)17-16(14-6-4-3-5-7-14)24-19(23)28-18(17)25-27(20(28)29)9-8-15(21)22/h3-7,12-13,15H,8-11H2,1-2H3,(H2,23,24). The Morgan fingerprint density at radius 3 is 2.50 bits per heavy atom. The van der Waals surface area contributed by atoms with Gasteiger partial charge in [-0.2, -0.15) is 0 Å². The quantitative estimate of drug-likeness (QED) is 0.684. The van der Waals surface area contributed by atoms with Gasteiger partial charge in [0.1, 0.15) is 11.4 Å². The van der Waals surface area contributed by atoms with Crippen molar-refractivity contribution in [1.82, 2.24) is 19.2 Å². The zero-order valence-corrected chi connectivity index (χ0v) is 16.8. The highest BCUT2D eigenvalue weighted by molar-refractivity contribution is 5.86. The van der Waals surface area contributed by atoms with E-state index in [0.29, 0.717) is 30.1 Å². The van der Waals surface area contributed by atoms with E-state index in [2.05, 4.69) is 15.0 Å². The number of benzene rings is 1. The van der Waals surface area contributed by atoms with Crippen molar-refractivity contribution >= 4 is 17.3 Å². The highest BCUT2D eigenvalue weighted by Crippen LogP contribution is 2.34. The minimum absolute atomic E-state index is 0.0322. The van der Waals surface area contributed by atoms with Gasteiger partial charge in [0.25, 0.3) is 0 Å². The average molecular weight is 418 g/mol. The number of fused-ring (bicyclic) bond motifs is 1. The molecule has 0 aliphatic carbocycles. The molecule has 1 saturated heterocycles. The van der Waals surface area contributed by atoms with Gasteiger partial charge in [-0.3, -0.25) is 0 Å². The molecule has 2 atom stereocenters.